The molecule has 0 fully saturated rings. The molecule has 0 aliphatic rings. The summed E-state index contributed by atoms with van der Waals surface area (Å²) in [6.45, 7) is 7.88. The summed E-state index contributed by atoms with van der Waals surface area (Å²) in [5.41, 5.74) is 3.80. The van der Waals surface area contributed by atoms with Gasteiger partial charge in [-0.1, -0.05) is 36.4 Å². The molecule has 0 atom stereocenters. The second-order valence-corrected chi connectivity index (χ2v) is 8.40. The zero-order chi connectivity index (χ0) is 23.3. The number of ether oxygens (including phenoxy) is 2. The maximum absolute atomic E-state index is 13.6. The van der Waals surface area contributed by atoms with Gasteiger partial charge in [-0.3, -0.25) is 9.59 Å². The summed E-state index contributed by atoms with van der Waals surface area (Å²) in [6, 6.07) is 11.0. The van der Waals surface area contributed by atoms with Crippen molar-refractivity contribution < 1.29 is 23.9 Å². The Morgan fingerprint density at radius 3 is 2.34 bits per heavy atom. The number of aromatic nitrogens is 1. The lowest BCUT2D eigenvalue weighted by molar-refractivity contribution is -0.142. The quantitative estimate of drug-likeness (QED) is 0.258. The molecule has 0 aliphatic heterocycles. The number of hydrogen-bond donors (Lipinski definition) is 0. The van der Waals surface area contributed by atoms with E-state index in [0.717, 1.165) is 11.1 Å². The Morgan fingerprint density at radius 1 is 1.00 bits per heavy atom. The minimum atomic E-state index is -0.502. The molecule has 0 spiro atoms. The van der Waals surface area contributed by atoms with E-state index in [0.29, 0.717) is 39.6 Å². The van der Waals surface area contributed by atoms with Crippen LogP contribution in [0, 0.1) is 13.8 Å². The molecule has 32 heavy (non-hydrogen) atoms. The van der Waals surface area contributed by atoms with Crippen LogP contribution in [0.25, 0.3) is 5.52 Å². The lowest BCUT2D eigenvalue weighted by atomic mass is 10.0. The van der Waals surface area contributed by atoms with E-state index in [4.69, 9.17) is 9.47 Å². The Kier molecular flexibility index (Phi) is 7.75. The second kappa shape index (κ2) is 10.5. The predicted octanol–water partition coefficient (Wildman–Crippen LogP) is 5.01. The molecule has 0 aliphatic carbocycles. The summed E-state index contributed by atoms with van der Waals surface area (Å²) in [5.74, 6) is -0.623. The van der Waals surface area contributed by atoms with Crippen LogP contribution in [0.1, 0.15) is 57.8 Å². The number of ketones is 1. The largest absolute Gasteiger partial charge is 0.466 e. The van der Waals surface area contributed by atoms with E-state index >= 15 is 0 Å². The van der Waals surface area contributed by atoms with Gasteiger partial charge in [0.1, 0.15) is 5.69 Å². The van der Waals surface area contributed by atoms with Gasteiger partial charge >= 0.3 is 11.9 Å². The maximum atomic E-state index is 13.6. The molecule has 0 radical (unpaired) electrons. The van der Waals surface area contributed by atoms with E-state index in [1.807, 2.05) is 44.3 Å². The Labute approximate surface area is 191 Å². The Bertz CT molecular complexity index is 1150. The average Bonchev–Trinajstić information content (AvgIpc) is 3.08. The van der Waals surface area contributed by atoms with Crippen molar-refractivity contribution in [1.82, 2.24) is 4.40 Å². The van der Waals surface area contributed by atoms with Gasteiger partial charge < -0.3 is 13.9 Å². The number of rotatable bonds is 9. The number of carbonyl (C=O) groups excluding carboxylic acids is 3. The van der Waals surface area contributed by atoms with Crippen molar-refractivity contribution in [2.75, 3.05) is 19.0 Å². The van der Waals surface area contributed by atoms with E-state index in [2.05, 4.69) is 0 Å². The number of esters is 2. The highest BCUT2D eigenvalue weighted by molar-refractivity contribution is 7.99. The monoisotopic (exact) mass is 453 g/mol. The predicted molar refractivity (Wildman–Crippen MR) is 125 cm³/mol. The van der Waals surface area contributed by atoms with E-state index in [-0.39, 0.29) is 24.8 Å². The van der Waals surface area contributed by atoms with Crippen molar-refractivity contribution in [2.24, 2.45) is 0 Å². The van der Waals surface area contributed by atoms with Crippen LogP contribution in [-0.2, 0) is 14.3 Å². The van der Waals surface area contributed by atoms with Gasteiger partial charge in [0.25, 0.3) is 0 Å². The molecular formula is C25H27NO5S. The fourth-order valence-corrected chi connectivity index (χ4v) is 4.80. The lowest BCUT2D eigenvalue weighted by Gasteiger charge is -2.08. The minimum Gasteiger partial charge on any atom is -0.466 e. The average molecular weight is 454 g/mol. The molecule has 3 rings (SSSR count). The highest BCUT2D eigenvalue weighted by Gasteiger charge is 2.30. The number of thioether (sulfide) groups is 1. The SMILES string of the molecule is CCOC(=O)CCSc1c(C(=O)c2ccccc2)c2c(C)cc(C)cn2c1C(=O)OCC. The van der Waals surface area contributed by atoms with Crippen LogP contribution in [0.2, 0.25) is 0 Å². The molecule has 168 valence electrons. The molecule has 0 unspecified atom stereocenters. The second-order valence-electron chi connectivity index (χ2n) is 7.29. The van der Waals surface area contributed by atoms with Crippen molar-refractivity contribution in [3.05, 3.63) is 70.5 Å². The maximum Gasteiger partial charge on any atom is 0.356 e. The molecule has 6 nitrogen and oxygen atoms in total. The fraction of sp³-hybridized carbons (Fsp3) is 0.320. The van der Waals surface area contributed by atoms with Crippen LogP contribution in [0.15, 0.2) is 47.5 Å². The lowest BCUT2D eigenvalue weighted by Crippen LogP contribution is -2.10. The van der Waals surface area contributed by atoms with Crippen molar-refractivity contribution in [1.29, 1.82) is 0 Å². The Hall–Kier alpha value is -3.06. The molecule has 2 aromatic heterocycles. The van der Waals surface area contributed by atoms with Crippen LogP contribution < -0.4 is 0 Å². The molecule has 0 N–H and O–H groups in total. The summed E-state index contributed by atoms with van der Waals surface area (Å²) < 4.78 is 12.1. The van der Waals surface area contributed by atoms with Crippen LogP contribution in [0.5, 0.6) is 0 Å². The summed E-state index contributed by atoms with van der Waals surface area (Å²) in [6.07, 6.45) is 2.01. The first kappa shape index (κ1) is 23.6. The van der Waals surface area contributed by atoms with Crippen LogP contribution in [0.3, 0.4) is 0 Å². The standard InChI is InChI=1S/C25H27NO5S/c1-5-30-19(27)12-13-32-24-20(23(28)18-10-8-7-9-11-18)21-17(4)14-16(3)15-26(21)22(24)25(29)31-6-2/h7-11,14-15H,5-6,12-13H2,1-4H3. The molecule has 0 saturated heterocycles. The van der Waals surface area contributed by atoms with Gasteiger partial charge in [-0.05, 0) is 38.8 Å². The Morgan fingerprint density at radius 2 is 1.69 bits per heavy atom. The molecule has 0 saturated carbocycles. The van der Waals surface area contributed by atoms with Gasteiger partial charge in [-0.15, -0.1) is 11.8 Å². The molecule has 0 bridgehead atoms. The first-order chi connectivity index (χ1) is 15.4. The van der Waals surface area contributed by atoms with Crippen molar-refractivity contribution >= 4 is 35.0 Å². The summed E-state index contributed by atoms with van der Waals surface area (Å²) >= 11 is 1.30. The molecule has 3 aromatic rings. The smallest absolute Gasteiger partial charge is 0.356 e. The molecule has 7 heteroatoms. The number of hydrogen-bond acceptors (Lipinski definition) is 6. The van der Waals surface area contributed by atoms with Gasteiger partial charge in [0.15, 0.2) is 5.78 Å². The number of benzene rings is 1. The summed E-state index contributed by atoms with van der Waals surface area (Å²) in [7, 11) is 0. The zero-order valence-electron chi connectivity index (χ0n) is 18.8. The number of fused-ring (bicyclic) bond motifs is 1. The van der Waals surface area contributed by atoms with Crippen LogP contribution in [-0.4, -0.2) is 41.1 Å². The van der Waals surface area contributed by atoms with Gasteiger partial charge in [-0.25, -0.2) is 4.79 Å². The summed E-state index contributed by atoms with van der Waals surface area (Å²) in [5, 5.41) is 0. The molecular weight excluding hydrogens is 426 g/mol. The van der Waals surface area contributed by atoms with E-state index in [1.54, 1.807) is 30.4 Å². The fourth-order valence-electron chi connectivity index (χ4n) is 3.68. The number of nitrogens with zero attached hydrogens (tertiary/aromatic N) is 1. The first-order valence-electron chi connectivity index (χ1n) is 10.6. The zero-order valence-corrected chi connectivity index (χ0v) is 19.6. The topological polar surface area (TPSA) is 74.1 Å². The first-order valence-corrected chi connectivity index (χ1v) is 11.6. The Balaban J connectivity index is 2.22. The van der Waals surface area contributed by atoms with Gasteiger partial charge in [-0.2, -0.15) is 0 Å². The van der Waals surface area contributed by atoms with Crippen LogP contribution >= 0.6 is 11.8 Å². The highest BCUT2D eigenvalue weighted by atomic mass is 32.2. The number of pyridine rings is 1. The van der Waals surface area contributed by atoms with E-state index in [1.165, 1.54) is 11.8 Å². The van der Waals surface area contributed by atoms with Crippen molar-refractivity contribution in [3.8, 4) is 0 Å². The third kappa shape index (κ3) is 4.88. The third-order valence-electron chi connectivity index (χ3n) is 4.90. The van der Waals surface area contributed by atoms with E-state index in [9.17, 15) is 14.4 Å². The van der Waals surface area contributed by atoms with Crippen LogP contribution in [0.4, 0.5) is 0 Å². The summed E-state index contributed by atoms with van der Waals surface area (Å²) in [4.78, 5) is 39.0. The molecule has 1 aromatic carbocycles. The van der Waals surface area contributed by atoms with Gasteiger partial charge in [0, 0.05) is 17.5 Å². The minimum absolute atomic E-state index is 0.171. The van der Waals surface area contributed by atoms with Gasteiger partial charge in [0.2, 0.25) is 0 Å². The number of aryl methyl sites for hydroxylation is 2. The van der Waals surface area contributed by atoms with E-state index < -0.39 is 5.97 Å². The normalized spacial score (nSPS) is 10.9. The van der Waals surface area contributed by atoms with Crippen molar-refractivity contribution in [2.45, 2.75) is 39.0 Å². The molecule has 0 amide bonds. The van der Waals surface area contributed by atoms with Crippen molar-refractivity contribution in [3.63, 3.8) is 0 Å². The highest BCUT2D eigenvalue weighted by Crippen LogP contribution is 2.37. The number of carbonyl (C=O) groups is 3. The third-order valence-corrected chi connectivity index (χ3v) is 6.00. The van der Waals surface area contributed by atoms with Gasteiger partial charge in [0.05, 0.1) is 35.6 Å². The molecule has 2 heterocycles.